The molecule has 1 heterocycles. The maximum Gasteiger partial charge on any atom is 0.121 e. The summed E-state index contributed by atoms with van der Waals surface area (Å²) >= 11 is 0. The number of hydrogen-bond acceptors (Lipinski definition) is 3. The van der Waals surface area contributed by atoms with Gasteiger partial charge < -0.3 is 20.1 Å². The van der Waals surface area contributed by atoms with Crippen molar-refractivity contribution in [2.45, 2.75) is 13.8 Å². The molecule has 0 bridgehead atoms. The minimum absolute atomic E-state index is 0.160. The van der Waals surface area contributed by atoms with E-state index in [0.717, 1.165) is 17.8 Å². The standard InChI is InChI=1S/C14H20N2O2/c1-10-11(2)16-14-9-12(3-4-13(10)14)18-8-6-15-5-7-17/h3-4,9,15-17H,5-8H2,1-2H3. The van der Waals surface area contributed by atoms with E-state index in [0.29, 0.717) is 13.2 Å². The molecule has 4 heteroatoms. The Morgan fingerprint density at radius 2 is 2.11 bits per heavy atom. The van der Waals surface area contributed by atoms with Crippen molar-refractivity contribution in [1.82, 2.24) is 10.3 Å². The first-order valence-electron chi connectivity index (χ1n) is 6.25. The molecule has 0 radical (unpaired) electrons. The lowest BCUT2D eigenvalue weighted by molar-refractivity contribution is 0.276. The molecular formula is C14H20N2O2. The van der Waals surface area contributed by atoms with Gasteiger partial charge in [0.05, 0.1) is 6.61 Å². The second-order valence-electron chi connectivity index (χ2n) is 4.40. The van der Waals surface area contributed by atoms with Crippen molar-refractivity contribution in [3.63, 3.8) is 0 Å². The van der Waals surface area contributed by atoms with Crippen molar-refractivity contribution in [3.05, 3.63) is 29.5 Å². The molecule has 0 aliphatic heterocycles. The maximum atomic E-state index is 8.62. The molecule has 1 aromatic heterocycles. The van der Waals surface area contributed by atoms with Crippen molar-refractivity contribution in [1.29, 1.82) is 0 Å². The maximum absolute atomic E-state index is 8.62. The summed E-state index contributed by atoms with van der Waals surface area (Å²) in [7, 11) is 0. The average molecular weight is 248 g/mol. The molecule has 0 unspecified atom stereocenters. The summed E-state index contributed by atoms with van der Waals surface area (Å²) in [6.07, 6.45) is 0. The molecule has 1 aromatic carbocycles. The third-order valence-electron chi connectivity index (χ3n) is 3.12. The fourth-order valence-electron chi connectivity index (χ4n) is 1.99. The van der Waals surface area contributed by atoms with E-state index in [1.807, 2.05) is 12.1 Å². The van der Waals surface area contributed by atoms with Gasteiger partial charge in [-0.15, -0.1) is 0 Å². The van der Waals surface area contributed by atoms with E-state index in [2.05, 4.69) is 30.2 Å². The van der Waals surface area contributed by atoms with Crippen LogP contribution in [-0.2, 0) is 0 Å². The van der Waals surface area contributed by atoms with Crippen molar-refractivity contribution in [2.24, 2.45) is 0 Å². The molecule has 0 amide bonds. The molecule has 4 nitrogen and oxygen atoms in total. The van der Waals surface area contributed by atoms with Crippen LogP contribution in [0.5, 0.6) is 5.75 Å². The highest BCUT2D eigenvalue weighted by molar-refractivity contribution is 5.85. The number of ether oxygens (including phenoxy) is 1. The van der Waals surface area contributed by atoms with Gasteiger partial charge in [0, 0.05) is 35.8 Å². The van der Waals surface area contributed by atoms with Gasteiger partial charge in [-0.25, -0.2) is 0 Å². The monoisotopic (exact) mass is 248 g/mol. The minimum atomic E-state index is 0.160. The summed E-state index contributed by atoms with van der Waals surface area (Å²) in [4.78, 5) is 3.35. The Kier molecular flexibility index (Phi) is 4.23. The van der Waals surface area contributed by atoms with Crippen LogP contribution >= 0.6 is 0 Å². The van der Waals surface area contributed by atoms with Gasteiger partial charge in [0.15, 0.2) is 0 Å². The SMILES string of the molecule is Cc1[nH]c2cc(OCCNCCO)ccc2c1C. The van der Waals surface area contributed by atoms with Gasteiger partial charge >= 0.3 is 0 Å². The van der Waals surface area contributed by atoms with Crippen LogP contribution in [0.2, 0.25) is 0 Å². The molecule has 2 aromatic rings. The fraction of sp³-hybridized carbons (Fsp3) is 0.429. The van der Waals surface area contributed by atoms with Crippen LogP contribution in [0.1, 0.15) is 11.3 Å². The number of aliphatic hydroxyl groups excluding tert-OH is 1. The highest BCUT2D eigenvalue weighted by Crippen LogP contribution is 2.25. The van der Waals surface area contributed by atoms with E-state index in [-0.39, 0.29) is 6.61 Å². The Morgan fingerprint density at radius 3 is 2.89 bits per heavy atom. The Labute approximate surface area is 107 Å². The molecule has 0 atom stereocenters. The fourth-order valence-corrected chi connectivity index (χ4v) is 1.99. The van der Waals surface area contributed by atoms with E-state index < -0.39 is 0 Å². The molecule has 0 aliphatic carbocycles. The first-order chi connectivity index (χ1) is 8.72. The number of H-pyrrole nitrogens is 1. The van der Waals surface area contributed by atoms with Crippen molar-refractivity contribution in [3.8, 4) is 5.75 Å². The Morgan fingerprint density at radius 1 is 1.28 bits per heavy atom. The van der Waals surface area contributed by atoms with Gasteiger partial charge in [0.25, 0.3) is 0 Å². The van der Waals surface area contributed by atoms with Crippen LogP contribution in [0.25, 0.3) is 10.9 Å². The summed E-state index contributed by atoms with van der Waals surface area (Å²) in [5.74, 6) is 0.870. The molecule has 0 spiro atoms. The van der Waals surface area contributed by atoms with E-state index in [1.54, 1.807) is 0 Å². The number of aliphatic hydroxyl groups is 1. The van der Waals surface area contributed by atoms with Gasteiger partial charge in [0.2, 0.25) is 0 Å². The van der Waals surface area contributed by atoms with Gasteiger partial charge in [-0.05, 0) is 31.5 Å². The first kappa shape index (κ1) is 12.9. The molecule has 0 fully saturated rings. The second-order valence-corrected chi connectivity index (χ2v) is 4.40. The first-order valence-corrected chi connectivity index (χ1v) is 6.25. The van der Waals surface area contributed by atoms with Crippen molar-refractivity contribution >= 4 is 10.9 Å². The number of rotatable bonds is 6. The molecule has 3 N–H and O–H groups in total. The van der Waals surface area contributed by atoms with Crippen LogP contribution in [-0.4, -0.2) is 36.4 Å². The van der Waals surface area contributed by atoms with Gasteiger partial charge in [0.1, 0.15) is 12.4 Å². The lowest BCUT2D eigenvalue weighted by atomic mass is 10.1. The Hall–Kier alpha value is -1.52. The summed E-state index contributed by atoms with van der Waals surface area (Å²) in [6.45, 7) is 6.30. The van der Waals surface area contributed by atoms with E-state index >= 15 is 0 Å². The largest absolute Gasteiger partial charge is 0.492 e. The summed E-state index contributed by atoms with van der Waals surface area (Å²) in [5, 5.41) is 12.9. The zero-order chi connectivity index (χ0) is 13.0. The van der Waals surface area contributed by atoms with Gasteiger partial charge in [-0.3, -0.25) is 0 Å². The number of fused-ring (bicyclic) bond motifs is 1. The third kappa shape index (κ3) is 2.83. The molecule has 0 aliphatic rings. The lowest BCUT2D eigenvalue weighted by Crippen LogP contribution is -2.23. The van der Waals surface area contributed by atoms with Crippen LogP contribution in [0.15, 0.2) is 18.2 Å². The topological polar surface area (TPSA) is 57.3 Å². The number of aromatic amines is 1. The van der Waals surface area contributed by atoms with Crippen molar-refractivity contribution in [2.75, 3.05) is 26.3 Å². The Balaban J connectivity index is 1.98. The van der Waals surface area contributed by atoms with Crippen LogP contribution < -0.4 is 10.1 Å². The number of hydrogen-bond donors (Lipinski definition) is 3. The number of aryl methyl sites for hydroxylation is 2. The second kappa shape index (κ2) is 5.89. The van der Waals surface area contributed by atoms with Crippen LogP contribution in [0.4, 0.5) is 0 Å². The van der Waals surface area contributed by atoms with Crippen LogP contribution in [0.3, 0.4) is 0 Å². The van der Waals surface area contributed by atoms with Gasteiger partial charge in [-0.1, -0.05) is 0 Å². The molecule has 0 saturated heterocycles. The molecular weight excluding hydrogens is 228 g/mol. The molecule has 2 rings (SSSR count). The number of benzene rings is 1. The summed E-state index contributed by atoms with van der Waals surface area (Å²) in [6, 6.07) is 6.11. The zero-order valence-corrected chi connectivity index (χ0v) is 10.9. The predicted molar refractivity (Wildman–Crippen MR) is 73.2 cm³/mol. The van der Waals surface area contributed by atoms with E-state index in [4.69, 9.17) is 9.84 Å². The summed E-state index contributed by atoms with van der Waals surface area (Å²) < 4.78 is 5.65. The highest BCUT2D eigenvalue weighted by atomic mass is 16.5. The van der Waals surface area contributed by atoms with Crippen molar-refractivity contribution < 1.29 is 9.84 Å². The quantitative estimate of drug-likeness (QED) is 0.683. The highest BCUT2D eigenvalue weighted by Gasteiger charge is 2.04. The van der Waals surface area contributed by atoms with Gasteiger partial charge in [-0.2, -0.15) is 0 Å². The average Bonchev–Trinajstić information content (AvgIpc) is 2.65. The molecule has 98 valence electrons. The number of aromatic nitrogens is 1. The van der Waals surface area contributed by atoms with Crippen LogP contribution in [0, 0.1) is 13.8 Å². The lowest BCUT2D eigenvalue weighted by Gasteiger charge is -2.06. The summed E-state index contributed by atoms with van der Waals surface area (Å²) in [5.41, 5.74) is 3.61. The van der Waals surface area contributed by atoms with E-state index in [1.165, 1.54) is 16.6 Å². The molecule has 0 saturated carbocycles. The normalized spacial score (nSPS) is 11.1. The predicted octanol–water partition coefficient (Wildman–Crippen LogP) is 1.75. The zero-order valence-electron chi connectivity index (χ0n) is 10.9. The Bertz CT molecular complexity index is 520. The number of nitrogens with one attached hydrogen (secondary N) is 2. The smallest absolute Gasteiger partial charge is 0.121 e. The minimum Gasteiger partial charge on any atom is -0.492 e. The molecule has 18 heavy (non-hydrogen) atoms. The third-order valence-corrected chi connectivity index (χ3v) is 3.12. The van der Waals surface area contributed by atoms with E-state index in [9.17, 15) is 0 Å².